The van der Waals surface area contributed by atoms with Crippen molar-refractivity contribution in [1.29, 1.82) is 0 Å². The highest BCUT2D eigenvalue weighted by Crippen LogP contribution is 2.17. The van der Waals surface area contributed by atoms with E-state index in [-0.39, 0.29) is 16.8 Å². The second-order valence-electron chi connectivity index (χ2n) is 5.05. The van der Waals surface area contributed by atoms with Gasteiger partial charge in [-0.1, -0.05) is 29.8 Å². The van der Waals surface area contributed by atoms with E-state index in [4.69, 9.17) is 11.6 Å². The quantitative estimate of drug-likeness (QED) is 0.931. The van der Waals surface area contributed by atoms with E-state index in [0.717, 1.165) is 11.8 Å². The Morgan fingerprint density at radius 3 is 2.32 bits per heavy atom. The highest BCUT2D eigenvalue weighted by atomic mass is 35.5. The molecule has 0 saturated carbocycles. The zero-order valence-corrected chi connectivity index (χ0v) is 13.8. The number of hydrogen-bond donors (Lipinski definition) is 1. The van der Waals surface area contributed by atoms with Crippen LogP contribution in [0.25, 0.3) is 0 Å². The minimum Gasteiger partial charge on any atom is -0.346 e. The molecule has 0 spiro atoms. The van der Waals surface area contributed by atoms with Crippen molar-refractivity contribution in [2.75, 3.05) is 6.26 Å². The third-order valence-corrected chi connectivity index (χ3v) is 4.61. The second kappa shape index (κ2) is 6.50. The van der Waals surface area contributed by atoms with Crippen molar-refractivity contribution in [1.82, 2.24) is 5.32 Å². The maximum atomic E-state index is 12.1. The summed E-state index contributed by atoms with van der Waals surface area (Å²) < 4.78 is 22.9. The van der Waals surface area contributed by atoms with Gasteiger partial charge in [0.2, 0.25) is 0 Å². The Labute approximate surface area is 135 Å². The van der Waals surface area contributed by atoms with Gasteiger partial charge in [0.05, 0.1) is 10.9 Å². The molecular weight excluding hydrogens is 322 g/mol. The summed E-state index contributed by atoms with van der Waals surface area (Å²) in [5.74, 6) is -0.234. The predicted octanol–water partition coefficient (Wildman–Crippen LogP) is 3.23. The van der Waals surface area contributed by atoms with Crippen LogP contribution in [0.3, 0.4) is 0 Å². The van der Waals surface area contributed by atoms with E-state index in [2.05, 4.69) is 5.32 Å². The van der Waals surface area contributed by atoms with Gasteiger partial charge in [-0.3, -0.25) is 4.79 Å². The zero-order chi connectivity index (χ0) is 16.3. The topological polar surface area (TPSA) is 63.2 Å². The minimum absolute atomic E-state index is 0.234. The monoisotopic (exact) mass is 337 g/mol. The number of benzene rings is 2. The van der Waals surface area contributed by atoms with E-state index in [1.165, 1.54) is 12.1 Å². The lowest BCUT2D eigenvalue weighted by Crippen LogP contribution is -2.26. The molecule has 0 aliphatic heterocycles. The van der Waals surface area contributed by atoms with Crippen molar-refractivity contribution in [3.05, 3.63) is 64.7 Å². The first kappa shape index (κ1) is 16.5. The van der Waals surface area contributed by atoms with Crippen LogP contribution in [0.4, 0.5) is 0 Å². The molecule has 0 radical (unpaired) electrons. The van der Waals surface area contributed by atoms with Gasteiger partial charge in [-0.15, -0.1) is 0 Å². The summed E-state index contributed by atoms with van der Waals surface area (Å²) in [5, 5.41) is 3.35. The molecule has 22 heavy (non-hydrogen) atoms. The van der Waals surface area contributed by atoms with Gasteiger partial charge in [-0.2, -0.15) is 0 Å². The van der Waals surface area contributed by atoms with Gasteiger partial charge in [0.1, 0.15) is 0 Å². The van der Waals surface area contributed by atoms with Gasteiger partial charge in [-0.05, 0) is 42.8 Å². The molecule has 6 heteroatoms. The first-order valence-corrected chi connectivity index (χ1v) is 8.91. The van der Waals surface area contributed by atoms with Crippen molar-refractivity contribution in [3.8, 4) is 0 Å². The fraction of sp³-hybridized carbons (Fsp3) is 0.188. The molecule has 2 rings (SSSR count). The summed E-state index contributed by atoms with van der Waals surface area (Å²) in [6.45, 7) is 1.83. The number of carbonyl (C=O) groups excluding carboxylic acids is 1. The summed E-state index contributed by atoms with van der Waals surface area (Å²) >= 11 is 5.87. The Balaban J connectivity index is 2.12. The molecule has 0 aliphatic carbocycles. The average Bonchev–Trinajstić information content (AvgIpc) is 2.46. The number of carbonyl (C=O) groups is 1. The molecule has 0 fully saturated rings. The largest absolute Gasteiger partial charge is 0.346 e. The van der Waals surface area contributed by atoms with Gasteiger partial charge < -0.3 is 5.32 Å². The van der Waals surface area contributed by atoms with Crippen LogP contribution in [0.2, 0.25) is 5.02 Å². The second-order valence-corrected chi connectivity index (χ2v) is 7.50. The van der Waals surface area contributed by atoms with Gasteiger partial charge in [0, 0.05) is 16.8 Å². The Morgan fingerprint density at radius 2 is 1.77 bits per heavy atom. The maximum Gasteiger partial charge on any atom is 0.251 e. The van der Waals surface area contributed by atoms with Crippen LogP contribution >= 0.6 is 11.6 Å². The Bertz CT molecular complexity index is 785. The molecule has 0 saturated heterocycles. The molecule has 0 aromatic heterocycles. The summed E-state index contributed by atoms with van der Waals surface area (Å²) in [7, 11) is -3.22. The van der Waals surface area contributed by atoms with Crippen LogP contribution in [0.15, 0.2) is 53.4 Å². The molecule has 1 atom stereocenters. The minimum atomic E-state index is -3.22. The first-order valence-electron chi connectivity index (χ1n) is 6.64. The van der Waals surface area contributed by atoms with Crippen LogP contribution in [0.5, 0.6) is 0 Å². The molecular formula is C16H16ClNO3S. The molecule has 116 valence electrons. The van der Waals surface area contributed by atoms with Crippen molar-refractivity contribution in [2.45, 2.75) is 17.9 Å². The summed E-state index contributed by atoms with van der Waals surface area (Å²) in [5.41, 5.74) is 1.30. The van der Waals surface area contributed by atoms with E-state index in [9.17, 15) is 13.2 Å². The van der Waals surface area contributed by atoms with Crippen LogP contribution in [0.1, 0.15) is 28.9 Å². The van der Waals surface area contributed by atoms with E-state index in [1.54, 1.807) is 36.4 Å². The molecule has 0 aliphatic rings. The predicted molar refractivity (Wildman–Crippen MR) is 86.9 cm³/mol. The Kier molecular flexibility index (Phi) is 4.88. The Hall–Kier alpha value is -1.85. The standard InChI is InChI=1S/C16H16ClNO3S/c1-11(12-6-8-15(9-7-12)22(2,20)21)18-16(19)13-4-3-5-14(17)10-13/h3-11H,1-2H3,(H,18,19)/t11-/m0/s1. The fourth-order valence-electron chi connectivity index (χ4n) is 2.00. The molecule has 1 amide bonds. The normalized spacial score (nSPS) is 12.7. The molecule has 0 bridgehead atoms. The number of rotatable bonds is 4. The SMILES string of the molecule is C[C@H](NC(=O)c1cccc(Cl)c1)c1ccc(S(C)(=O)=O)cc1. The molecule has 2 aromatic rings. The summed E-state index contributed by atoms with van der Waals surface area (Å²) in [6.07, 6.45) is 1.16. The van der Waals surface area contributed by atoms with Crippen molar-refractivity contribution in [3.63, 3.8) is 0 Å². The van der Waals surface area contributed by atoms with Crippen LogP contribution in [-0.2, 0) is 9.84 Å². The van der Waals surface area contributed by atoms with Gasteiger partial charge in [0.25, 0.3) is 5.91 Å². The molecule has 0 unspecified atom stereocenters. The lowest BCUT2D eigenvalue weighted by Gasteiger charge is -2.15. The van der Waals surface area contributed by atoms with Crippen LogP contribution in [-0.4, -0.2) is 20.6 Å². The number of sulfone groups is 1. The Morgan fingerprint density at radius 1 is 1.14 bits per heavy atom. The van der Waals surface area contributed by atoms with Gasteiger partial charge in [-0.25, -0.2) is 8.42 Å². The number of hydrogen-bond acceptors (Lipinski definition) is 3. The summed E-state index contributed by atoms with van der Waals surface area (Å²) in [6, 6.07) is 12.9. The number of nitrogens with one attached hydrogen (secondary N) is 1. The van der Waals surface area contributed by atoms with Crippen molar-refractivity contribution in [2.24, 2.45) is 0 Å². The maximum absolute atomic E-state index is 12.1. The zero-order valence-electron chi connectivity index (χ0n) is 12.2. The lowest BCUT2D eigenvalue weighted by molar-refractivity contribution is 0.0940. The van der Waals surface area contributed by atoms with Crippen LogP contribution in [0, 0.1) is 0 Å². The van der Waals surface area contributed by atoms with Crippen molar-refractivity contribution < 1.29 is 13.2 Å². The fourth-order valence-corrected chi connectivity index (χ4v) is 2.82. The third kappa shape index (κ3) is 4.08. The van der Waals surface area contributed by atoms with E-state index in [0.29, 0.717) is 10.6 Å². The van der Waals surface area contributed by atoms with E-state index < -0.39 is 9.84 Å². The van der Waals surface area contributed by atoms with E-state index >= 15 is 0 Å². The molecule has 4 nitrogen and oxygen atoms in total. The average molecular weight is 338 g/mol. The van der Waals surface area contributed by atoms with Crippen LogP contribution < -0.4 is 5.32 Å². The lowest BCUT2D eigenvalue weighted by atomic mass is 10.1. The molecule has 0 heterocycles. The summed E-state index contributed by atoms with van der Waals surface area (Å²) in [4.78, 5) is 12.4. The van der Waals surface area contributed by atoms with E-state index in [1.807, 2.05) is 6.92 Å². The third-order valence-electron chi connectivity index (χ3n) is 3.24. The molecule has 1 N–H and O–H groups in total. The first-order chi connectivity index (χ1) is 10.3. The van der Waals surface area contributed by atoms with Gasteiger partial charge in [0.15, 0.2) is 9.84 Å². The smallest absolute Gasteiger partial charge is 0.251 e. The highest BCUT2D eigenvalue weighted by molar-refractivity contribution is 7.90. The highest BCUT2D eigenvalue weighted by Gasteiger charge is 2.13. The van der Waals surface area contributed by atoms with Gasteiger partial charge >= 0.3 is 0 Å². The van der Waals surface area contributed by atoms with Crippen molar-refractivity contribution >= 4 is 27.3 Å². The number of amides is 1. The number of halogens is 1. The molecule has 2 aromatic carbocycles.